The molecular weight excluding hydrogens is 301 g/mol. The third-order valence-corrected chi connectivity index (χ3v) is 3.23. The van der Waals surface area contributed by atoms with Gasteiger partial charge in [0.1, 0.15) is 11.4 Å². The summed E-state index contributed by atoms with van der Waals surface area (Å²) in [6.07, 6.45) is -0.967. The lowest BCUT2D eigenvalue weighted by molar-refractivity contribution is -0.130. The number of nitrogens with one attached hydrogen (secondary N) is 1. The average Bonchev–Trinajstić information content (AvgIpc) is 2.74. The van der Waals surface area contributed by atoms with Crippen molar-refractivity contribution in [2.24, 2.45) is 0 Å². The van der Waals surface area contributed by atoms with Gasteiger partial charge in [-0.1, -0.05) is 0 Å². The summed E-state index contributed by atoms with van der Waals surface area (Å²) >= 11 is 0. The van der Waals surface area contributed by atoms with Crippen LogP contribution >= 0.6 is 0 Å². The predicted octanol–water partition coefficient (Wildman–Crippen LogP) is 3.34. The van der Waals surface area contributed by atoms with Crippen molar-refractivity contribution < 1.29 is 23.1 Å². The molecule has 0 aliphatic carbocycles. The quantitative estimate of drug-likeness (QED) is 0.880. The molecule has 1 atom stereocenters. The fourth-order valence-corrected chi connectivity index (χ4v) is 2.13. The molecule has 1 aromatic heterocycles. The van der Waals surface area contributed by atoms with Crippen molar-refractivity contribution >= 4 is 22.8 Å². The van der Waals surface area contributed by atoms with E-state index in [2.05, 4.69) is 5.32 Å². The van der Waals surface area contributed by atoms with Crippen LogP contribution in [0.4, 0.5) is 4.39 Å². The van der Waals surface area contributed by atoms with Crippen molar-refractivity contribution in [1.82, 2.24) is 5.32 Å². The average molecular weight is 321 g/mol. The van der Waals surface area contributed by atoms with Gasteiger partial charge in [0, 0.05) is 16.5 Å². The highest BCUT2D eigenvalue weighted by Gasteiger charge is 2.26. The van der Waals surface area contributed by atoms with Crippen molar-refractivity contribution in [3.63, 3.8) is 0 Å². The Labute approximate surface area is 133 Å². The van der Waals surface area contributed by atoms with Gasteiger partial charge >= 0.3 is 5.97 Å². The maximum absolute atomic E-state index is 13.3. The van der Waals surface area contributed by atoms with E-state index in [1.807, 2.05) is 20.8 Å². The van der Waals surface area contributed by atoms with Crippen LogP contribution in [0, 0.1) is 12.7 Å². The molecule has 0 spiro atoms. The molecule has 0 aliphatic rings. The number of hydrogen-bond acceptors (Lipinski definition) is 4. The van der Waals surface area contributed by atoms with Crippen LogP contribution in [-0.2, 0) is 9.53 Å². The number of furan rings is 1. The molecule has 5 nitrogen and oxygen atoms in total. The maximum Gasteiger partial charge on any atom is 0.375 e. The number of ether oxygens (including phenoxy) is 1. The Morgan fingerprint density at radius 3 is 2.57 bits per heavy atom. The smallest absolute Gasteiger partial charge is 0.375 e. The van der Waals surface area contributed by atoms with E-state index < -0.39 is 29.3 Å². The largest absolute Gasteiger partial charge is 0.449 e. The zero-order valence-corrected chi connectivity index (χ0v) is 13.8. The second-order valence-corrected chi connectivity index (χ2v) is 6.48. The van der Waals surface area contributed by atoms with Gasteiger partial charge in [0.05, 0.1) is 0 Å². The molecule has 0 saturated carbocycles. The molecule has 0 bridgehead atoms. The van der Waals surface area contributed by atoms with Crippen molar-refractivity contribution in [2.45, 2.75) is 46.3 Å². The zero-order valence-electron chi connectivity index (χ0n) is 13.8. The van der Waals surface area contributed by atoms with Gasteiger partial charge in [0.2, 0.25) is 5.76 Å². The predicted molar refractivity (Wildman–Crippen MR) is 83.7 cm³/mol. The molecule has 1 amide bonds. The number of amides is 1. The molecule has 0 fully saturated rings. The van der Waals surface area contributed by atoms with Gasteiger partial charge in [-0.15, -0.1) is 0 Å². The van der Waals surface area contributed by atoms with Crippen LogP contribution in [0.1, 0.15) is 43.8 Å². The molecule has 2 rings (SSSR count). The summed E-state index contributed by atoms with van der Waals surface area (Å²) in [6.45, 7) is 8.62. The van der Waals surface area contributed by atoms with Crippen molar-refractivity contribution in [3.8, 4) is 0 Å². The Bertz CT molecular complexity index is 758. The summed E-state index contributed by atoms with van der Waals surface area (Å²) in [6, 6.07) is 3.99. The Hall–Kier alpha value is -2.37. The Morgan fingerprint density at radius 2 is 1.96 bits per heavy atom. The van der Waals surface area contributed by atoms with Gasteiger partial charge in [0.15, 0.2) is 6.10 Å². The third kappa shape index (κ3) is 3.88. The number of aryl methyl sites for hydroxylation is 1. The van der Waals surface area contributed by atoms with Gasteiger partial charge < -0.3 is 14.5 Å². The number of esters is 1. The minimum absolute atomic E-state index is 0.0268. The van der Waals surface area contributed by atoms with E-state index in [0.717, 1.165) is 0 Å². The van der Waals surface area contributed by atoms with Gasteiger partial charge in [-0.25, -0.2) is 9.18 Å². The highest BCUT2D eigenvalue weighted by Crippen LogP contribution is 2.26. The van der Waals surface area contributed by atoms with E-state index in [1.54, 1.807) is 6.92 Å². The van der Waals surface area contributed by atoms with Crippen LogP contribution in [0.15, 0.2) is 22.6 Å². The Balaban J connectivity index is 2.18. The van der Waals surface area contributed by atoms with Gasteiger partial charge in [-0.2, -0.15) is 0 Å². The number of carbonyl (C=O) groups is 2. The zero-order chi connectivity index (χ0) is 17.4. The standard InChI is InChI=1S/C17H20FNO4/c1-9-12-8-11(18)6-7-13(12)23-14(9)16(21)22-10(2)15(20)19-17(3,4)5/h6-8,10H,1-5H3,(H,19,20)/t10-/m1/s1. The molecule has 2 aromatic rings. The van der Waals surface area contributed by atoms with E-state index in [9.17, 15) is 14.0 Å². The second-order valence-electron chi connectivity index (χ2n) is 6.48. The minimum Gasteiger partial charge on any atom is -0.449 e. The SMILES string of the molecule is Cc1c(C(=O)O[C@H](C)C(=O)NC(C)(C)C)oc2ccc(F)cc12. The summed E-state index contributed by atoms with van der Waals surface area (Å²) in [5, 5.41) is 3.23. The van der Waals surface area contributed by atoms with Crippen molar-refractivity contribution in [3.05, 3.63) is 35.3 Å². The lowest BCUT2D eigenvalue weighted by Gasteiger charge is -2.23. The topological polar surface area (TPSA) is 68.5 Å². The van der Waals surface area contributed by atoms with E-state index in [0.29, 0.717) is 16.5 Å². The lowest BCUT2D eigenvalue weighted by atomic mass is 10.1. The Morgan fingerprint density at radius 1 is 1.30 bits per heavy atom. The Kier molecular flexibility index (Phi) is 4.45. The van der Waals surface area contributed by atoms with E-state index >= 15 is 0 Å². The van der Waals surface area contributed by atoms with Crippen LogP contribution in [0.2, 0.25) is 0 Å². The summed E-state index contributed by atoms with van der Waals surface area (Å²) in [4.78, 5) is 24.2. The second kappa shape index (κ2) is 6.02. The van der Waals surface area contributed by atoms with Crippen LogP contribution in [0.5, 0.6) is 0 Å². The number of halogens is 1. The molecule has 1 heterocycles. The first-order chi connectivity index (χ1) is 10.6. The minimum atomic E-state index is -0.967. The van der Waals surface area contributed by atoms with Crippen LogP contribution in [0.25, 0.3) is 11.0 Å². The molecule has 23 heavy (non-hydrogen) atoms. The number of fused-ring (bicyclic) bond motifs is 1. The summed E-state index contributed by atoms with van der Waals surface area (Å²) in [7, 11) is 0. The van der Waals surface area contributed by atoms with Crippen molar-refractivity contribution in [2.75, 3.05) is 0 Å². The number of rotatable bonds is 3. The molecule has 0 radical (unpaired) electrons. The van der Waals surface area contributed by atoms with E-state index in [4.69, 9.17) is 9.15 Å². The van der Waals surface area contributed by atoms with E-state index in [1.165, 1.54) is 25.1 Å². The van der Waals surface area contributed by atoms with Gasteiger partial charge in [0.25, 0.3) is 5.91 Å². The monoisotopic (exact) mass is 321 g/mol. The molecule has 1 aromatic carbocycles. The number of benzene rings is 1. The first kappa shape index (κ1) is 17.0. The molecule has 0 aliphatic heterocycles. The number of carbonyl (C=O) groups excluding carboxylic acids is 2. The number of hydrogen-bond donors (Lipinski definition) is 1. The normalized spacial score (nSPS) is 13.0. The van der Waals surface area contributed by atoms with Gasteiger partial charge in [-0.3, -0.25) is 4.79 Å². The molecular formula is C17H20FNO4. The third-order valence-electron chi connectivity index (χ3n) is 3.23. The molecule has 0 unspecified atom stereocenters. The van der Waals surface area contributed by atoms with Crippen LogP contribution in [-0.4, -0.2) is 23.5 Å². The first-order valence-electron chi connectivity index (χ1n) is 7.30. The molecule has 1 N–H and O–H groups in total. The highest BCUT2D eigenvalue weighted by molar-refractivity contribution is 5.97. The maximum atomic E-state index is 13.3. The van der Waals surface area contributed by atoms with E-state index in [-0.39, 0.29) is 5.76 Å². The van der Waals surface area contributed by atoms with Gasteiger partial charge in [-0.05, 0) is 52.8 Å². The summed E-state index contributed by atoms with van der Waals surface area (Å²) < 4.78 is 23.9. The fourth-order valence-electron chi connectivity index (χ4n) is 2.13. The van der Waals surface area contributed by atoms with Crippen LogP contribution < -0.4 is 5.32 Å². The first-order valence-corrected chi connectivity index (χ1v) is 7.30. The van der Waals surface area contributed by atoms with Crippen molar-refractivity contribution in [1.29, 1.82) is 0 Å². The fraction of sp³-hybridized carbons (Fsp3) is 0.412. The molecule has 124 valence electrons. The summed E-state index contributed by atoms with van der Waals surface area (Å²) in [5.74, 6) is -1.60. The highest BCUT2D eigenvalue weighted by atomic mass is 19.1. The summed E-state index contributed by atoms with van der Waals surface area (Å²) in [5.41, 5.74) is 0.445. The molecule has 0 saturated heterocycles. The lowest BCUT2D eigenvalue weighted by Crippen LogP contribution is -2.46. The molecule has 6 heteroatoms. The van der Waals surface area contributed by atoms with Crippen LogP contribution in [0.3, 0.4) is 0 Å².